The number of nitrogens with zero attached hydrogens (tertiary/aromatic N) is 2. The first kappa shape index (κ1) is 14.1. The lowest BCUT2D eigenvalue weighted by Crippen LogP contribution is -2.30. The zero-order valence-corrected chi connectivity index (χ0v) is 12.7. The molecule has 1 aromatic heterocycles. The van der Waals surface area contributed by atoms with Crippen LogP contribution >= 0.6 is 0 Å². The van der Waals surface area contributed by atoms with Crippen molar-refractivity contribution >= 4 is 22.7 Å². The normalized spacial score (nSPS) is 17.8. The average Bonchev–Trinajstić information content (AvgIpc) is 2.53. The van der Waals surface area contributed by atoms with Crippen molar-refractivity contribution in [1.29, 1.82) is 0 Å². The van der Waals surface area contributed by atoms with E-state index in [-0.39, 0.29) is 0 Å². The quantitative estimate of drug-likeness (QED) is 0.891. The summed E-state index contributed by atoms with van der Waals surface area (Å²) < 4.78 is 0. The molecule has 4 nitrogen and oxygen atoms in total. The number of nitrogens with one attached hydrogen (secondary N) is 1. The van der Waals surface area contributed by atoms with Crippen molar-refractivity contribution in [2.24, 2.45) is 5.92 Å². The molecule has 1 aliphatic rings. The van der Waals surface area contributed by atoms with Gasteiger partial charge in [0.05, 0.1) is 5.52 Å². The molecule has 0 aliphatic heterocycles. The van der Waals surface area contributed by atoms with E-state index < -0.39 is 0 Å². The van der Waals surface area contributed by atoms with E-state index in [2.05, 4.69) is 28.3 Å². The van der Waals surface area contributed by atoms with Crippen LogP contribution in [0.25, 0.3) is 10.9 Å². The van der Waals surface area contributed by atoms with Crippen LogP contribution in [-0.2, 0) is 0 Å². The lowest BCUT2D eigenvalue weighted by molar-refractivity contribution is 0.313. The van der Waals surface area contributed by atoms with Crippen molar-refractivity contribution in [3.63, 3.8) is 0 Å². The van der Waals surface area contributed by atoms with Crippen molar-refractivity contribution in [2.75, 3.05) is 11.1 Å². The molecular weight excluding hydrogens is 260 g/mol. The highest BCUT2D eigenvalue weighted by Gasteiger charge is 2.23. The van der Waals surface area contributed by atoms with Gasteiger partial charge in [-0.25, -0.2) is 4.98 Å². The van der Waals surface area contributed by atoms with Crippen LogP contribution in [0.4, 0.5) is 11.8 Å². The van der Waals surface area contributed by atoms with E-state index in [9.17, 15) is 0 Å². The second kappa shape index (κ2) is 6.29. The Morgan fingerprint density at radius 1 is 1.19 bits per heavy atom. The zero-order valence-electron chi connectivity index (χ0n) is 12.7. The van der Waals surface area contributed by atoms with E-state index in [4.69, 9.17) is 5.73 Å². The van der Waals surface area contributed by atoms with Gasteiger partial charge in [-0.2, -0.15) is 4.98 Å². The Morgan fingerprint density at radius 2 is 1.95 bits per heavy atom. The molecule has 4 heteroatoms. The van der Waals surface area contributed by atoms with E-state index in [1.807, 2.05) is 18.2 Å². The molecule has 2 aromatic rings. The number of para-hydroxylation sites is 1. The van der Waals surface area contributed by atoms with E-state index in [1.54, 1.807) is 0 Å². The molecule has 1 saturated carbocycles. The van der Waals surface area contributed by atoms with Gasteiger partial charge in [0.1, 0.15) is 5.82 Å². The van der Waals surface area contributed by atoms with Crippen molar-refractivity contribution in [3.05, 3.63) is 24.3 Å². The molecule has 3 N–H and O–H groups in total. The number of anilines is 2. The Kier molecular flexibility index (Phi) is 4.23. The fraction of sp³-hybridized carbons (Fsp3) is 0.529. The van der Waals surface area contributed by atoms with Crippen molar-refractivity contribution in [2.45, 2.75) is 51.5 Å². The monoisotopic (exact) mass is 284 g/mol. The highest BCUT2D eigenvalue weighted by atomic mass is 15.1. The number of benzene rings is 1. The molecule has 3 rings (SSSR count). The molecule has 0 saturated heterocycles. The van der Waals surface area contributed by atoms with E-state index in [0.29, 0.717) is 12.0 Å². The number of nitrogens with two attached hydrogens (primary N) is 1. The molecule has 0 bridgehead atoms. The highest BCUT2D eigenvalue weighted by molar-refractivity contribution is 5.89. The Balaban J connectivity index is 1.88. The van der Waals surface area contributed by atoms with Gasteiger partial charge in [-0.3, -0.25) is 0 Å². The molecule has 1 fully saturated rings. The van der Waals surface area contributed by atoms with Crippen LogP contribution in [0.3, 0.4) is 0 Å². The predicted octanol–water partition coefficient (Wildman–Crippen LogP) is 3.98. The highest BCUT2D eigenvalue weighted by Crippen LogP contribution is 2.30. The van der Waals surface area contributed by atoms with Crippen LogP contribution in [-0.4, -0.2) is 16.0 Å². The third-order valence-electron chi connectivity index (χ3n) is 4.60. The van der Waals surface area contributed by atoms with E-state index >= 15 is 0 Å². The van der Waals surface area contributed by atoms with Gasteiger partial charge >= 0.3 is 0 Å². The SMILES string of the molecule is CCC(Nc1nc(N)nc2ccccc12)C1CCCCC1. The summed E-state index contributed by atoms with van der Waals surface area (Å²) in [4.78, 5) is 8.75. The topological polar surface area (TPSA) is 63.8 Å². The fourth-order valence-electron chi connectivity index (χ4n) is 3.47. The summed E-state index contributed by atoms with van der Waals surface area (Å²) in [6, 6.07) is 8.53. The number of hydrogen-bond acceptors (Lipinski definition) is 4. The van der Waals surface area contributed by atoms with Crippen LogP contribution in [0.2, 0.25) is 0 Å². The second-order valence-corrected chi connectivity index (χ2v) is 6.00. The molecule has 0 radical (unpaired) electrons. The standard InChI is InChI=1S/C17H24N4/c1-2-14(12-8-4-3-5-9-12)19-16-13-10-6-7-11-15(13)20-17(18)21-16/h6-7,10-12,14H,2-5,8-9H2,1H3,(H3,18,19,20,21). The van der Waals surface area contributed by atoms with Gasteiger partial charge in [0, 0.05) is 11.4 Å². The van der Waals surface area contributed by atoms with E-state index in [0.717, 1.165) is 29.1 Å². The van der Waals surface area contributed by atoms with Crippen LogP contribution in [0.1, 0.15) is 45.4 Å². The molecule has 1 aromatic carbocycles. The summed E-state index contributed by atoms with van der Waals surface area (Å²) in [5.41, 5.74) is 6.77. The summed E-state index contributed by atoms with van der Waals surface area (Å²) in [5, 5.41) is 4.71. The van der Waals surface area contributed by atoms with Gasteiger partial charge in [0.25, 0.3) is 0 Å². The summed E-state index contributed by atoms with van der Waals surface area (Å²) in [7, 11) is 0. The molecule has 1 atom stereocenters. The first-order chi connectivity index (χ1) is 10.3. The first-order valence-corrected chi connectivity index (χ1v) is 8.06. The van der Waals surface area contributed by atoms with E-state index in [1.165, 1.54) is 32.1 Å². The molecular formula is C17H24N4. The number of fused-ring (bicyclic) bond motifs is 1. The predicted molar refractivity (Wildman–Crippen MR) is 88.2 cm³/mol. The smallest absolute Gasteiger partial charge is 0.222 e. The number of rotatable bonds is 4. The third kappa shape index (κ3) is 3.09. The summed E-state index contributed by atoms with van der Waals surface area (Å²) >= 11 is 0. The minimum atomic E-state index is 0.342. The first-order valence-electron chi connectivity index (χ1n) is 8.06. The summed E-state index contributed by atoms with van der Waals surface area (Å²) in [5.74, 6) is 1.98. The third-order valence-corrected chi connectivity index (χ3v) is 4.60. The Labute approximate surface area is 126 Å². The number of aromatic nitrogens is 2. The van der Waals surface area contributed by atoms with Crippen molar-refractivity contribution in [3.8, 4) is 0 Å². The van der Waals surface area contributed by atoms with Gasteiger partial charge < -0.3 is 11.1 Å². The van der Waals surface area contributed by atoms with Crippen LogP contribution in [0.15, 0.2) is 24.3 Å². The molecule has 0 amide bonds. The zero-order chi connectivity index (χ0) is 14.7. The number of hydrogen-bond donors (Lipinski definition) is 2. The average molecular weight is 284 g/mol. The fourth-order valence-corrected chi connectivity index (χ4v) is 3.47. The Hall–Kier alpha value is -1.84. The minimum absolute atomic E-state index is 0.342. The Bertz CT molecular complexity index is 605. The van der Waals surface area contributed by atoms with Gasteiger partial charge in [-0.05, 0) is 37.3 Å². The van der Waals surface area contributed by atoms with Crippen molar-refractivity contribution in [1.82, 2.24) is 9.97 Å². The summed E-state index contributed by atoms with van der Waals surface area (Å²) in [6.07, 6.45) is 7.86. The van der Waals surface area contributed by atoms with Crippen LogP contribution < -0.4 is 11.1 Å². The number of nitrogen functional groups attached to an aromatic ring is 1. The second-order valence-electron chi connectivity index (χ2n) is 6.00. The lowest BCUT2D eigenvalue weighted by atomic mass is 9.83. The van der Waals surface area contributed by atoms with Crippen molar-refractivity contribution < 1.29 is 0 Å². The maximum atomic E-state index is 5.86. The van der Waals surface area contributed by atoms with Crippen LogP contribution in [0.5, 0.6) is 0 Å². The Morgan fingerprint density at radius 3 is 2.71 bits per heavy atom. The maximum absolute atomic E-state index is 5.86. The summed E-state index contributed by atoms with van der Waals surface area (Å²) in [6.45, 7) is 2.25. The maximum Gasteiger partial charge on any atom is 0.222 e. The molecule has 21 heavy (non-hydrogen) atoms. The molecule has 0 spiro atoms. The minimum Gasteiger partial charge on any atom is -0.368 e. The molecule has 1 unspecified atom stereocenters. The van der Waals surface area contributed by atoms with Gasteiger partial charge in [0.15, 0.2) is 0 Å². The largest absolute Gasteiger partial charge is 0.368 e. The molecule has 1 heterocycles. The van der Waals surface area contributed by atoms with Gasteiger partial charge in [-0.15, -0.1) is 0 Å². The molecule has 112 valence electrons. The van der Waals surface area contributed by atoms with Gasteiger partial charge in [0.2, 0.25) is 5.95 Å². The van der Waals surface area contributed by atoms with Gasteiger partial charge in [-0.1, -0.05) is 38.3 Å². The lowest BCUT2D eigenvalue weighted by Gasteiger charge is -2.31. The van der Waals surface area contributed by atoms with Crippen LogP contribution in [0, 0.1) is 5.92 Å². The molecule has 1 aliphatic carbocycles.